The van der Waals surface area contributed by atoms with Gasteiger partial charge in [-0.2, -0.15) is 0 Å². The minimum absolute atomic E-state index is 0.0286. The largest absolute Gasteiger partial charge is 0.373 e. The summed E-state index contributed by atoms with van der Waals surface area (Å²) in [7, 11) is 0. The number of rotatable bonds is 13. The lowest BCUT2D eigenvalue weighted by atomic mass is 10.0. The van der Waals surface area contributed by atoms with E-state index >= 15 is 0 Å². The number of nitrogens with one attached hydrogen (secondary N) is 1. The second kappa shape index (κ2) is 11.2. The molecule has 3 N–H and O–H groups in total. The van der Waals surface area contributed by atoms with Crippen molar-refractivity contribution in [2.45, 2.75) is 71.0 Å². The minimum atomic E-state index is -0.799. The molecular weight excluding hydrogens is 382 g/mol. The number of carbonyl (C=O) groups excluding carboxylic acids is 4. The summed E-state index contributed by atoms with van der Waals surface area (Å²) < 4.78 is 11.5. The van der Waals surface area contributed by atoms with Crippen LogP contribution in [0.25, 0.3) is 0 Å². The molecule has 0 spiro atoms. The third kappa shape index (κ3) is 9.82. The van der Waals surface area contributed by atoms with Gasteiger partial charge in [-0.15, -0.1) is 5.06 Å². The summed E-state index contributed by atoms with van der Waals surface area (Å²) in [6.45, 7) is 9.32. The van der Waals surface area contributed by atoms with Crippen molar-refractivity contribution in [3.05, 3.63) is 0 Å². The summed E-state index contributed by atoms with van der Waals surface area (Å²) in [4.78, 5) is 51.1. The third-order valence-corrected chi connectivity index (χ3v) is 4.23. The molecule has 0 aliphatic carbocycles. The summed E-state index contributed by atoms with van der Waals surface area (Å²) in [5.74, 6) is -2.23. The number of imide groups is 1. The predicted molar refractivity (Wildman–Crippen MR) is 103 cm³/mol. The molecule has 0 unspecified atom stereocenters. The quantitative estimate of drug-likeness (QED) is 0.413. The van der Waals surface area contributed by atoms with Gasteiger partial charge >= 0.3 is 5.97 Å². The Labute approximate surface area is 171 Å². The van der Waals surface area contributed by atoms with Crippen LogP contribution in [0.1, 0.15) is 59.8 Å². The normalized spacial score (nSPS) is 15.0. The second-order valence-corrected chi connectivity index (χ2v) is 8.09. The van der Waals surface area contributed by atoms with E-state index in [4.69, 9.17) is 20.0 Å². The third-order valence-electron chi connectivity index (χ3n) is 4.23. The highest BCUT2D eigenvalue weighted by molar-refractivity contribution is 6.01. The van der Waals surface area contributed by atoms with E-state index in [1.165, 1.54) is 0 Å². The number of ether oxygens (including phenoxy) is 2. The molecule has 1 aliphatic rings. The highest BCUT2D eigenvalue weighted by Crippen LogP contribution is 2.19. The maximum absolute atomic E-state index is 11.9. The zero-order chi connectivity index (χ0) is 22.1. The Bertz CT molecular complexity index is 589. The Morgan fingerprint density at radius 3 is 2.24 bits per heavy atom. The molecule has 0 aromatic carbocycles. The molecule has 1 saturated heterocycles. The Hall–Kier alpha value is -2.04. The van der Waals surface area contributed by atoms with Gasteiger partial charge in [0.2, 0.25) is 5.91 Å². The number of hydroxylamine groups is 2. The van der Waals surface area contributed by atoms with Crippen LogP contribution in [0, 0.1) is 0 Å². The van der Waals surface area contributed by atoms with Crippen LogP contribution >= 0.6 is 0 Å². The van der Waals surface area contributed by atoms with E-state index in [-0.39, 0.29) is 31.6 Å². The Balaban J connectivity index is 2.24. The Kier molecular flexibility index (Phi) is 9.67. The van der Waals surface area contributed by atoms with Crippen LogP contribution in [0.4, 0.5) is 0 Å². The fourth-order valence-electron chi connectivity index (χ4n) is 2.43. The molecule has 166 valence electrons. The van der Waals surface area contributed by atoms with E-state index in [0.717, 1.165) is 0 Å². The van der Waals surface area contributed by atoms with Gasteiger partial charge in [0.1, 0.15) is 0 Å². The minimum Gasteiger partial charge on any atom is -0.373 e. The lowest BCUT2D eigenvalue weighted by Gasteiger charge is -2.32. The maximum atomic E-state index is 11.9. The number of nitrogens with two attached hydrogens (primary N) is 1. The van der Waals surface area contributed by atoms with Crippen molar-refractivity contribution in [1.29, 1.82) is 0 Å². The fraction of sp³-hybridized carbons (Fsp3) is 0.789. The van der Waals surface area contributed by atoms with Crippen LogP contribution in [0.15, 0.2) is 0 Å². The maximum Gasteiger partial charge on any atom is 0.333 e. The van der Waals surface area contributed by atoms with Gasteiger partial charge in [-0.25, -0.2) is 4.79 Å². The van der Waals surface area contributed by atoms with Crippen LogP contribution < -0.4 is 11.1 Å². The first-order valence-electron chi connectivity index (χ1n) is 9.77. The summed E-state index contributed by atoms with van der Waals surface area (Å²) >= 11 is 0. The molecule has 29 heavy (non-hydrogen) atoms. The highest BCUT2D eigenvalue weighted by Gasteiger charge is 2.32. The lowest BCUT2D eigenvalue weighted by molar-refractivity contribution is -0.197. The van der Waals surface area contributed by atoms with E-state index < -0.39 is 29.0 Å². The van der Waals surface area contributed by atoms with Crippen LogP contribution in [0.3, 0.4) is 0 Å². The average Bonchev–Trinajstić information content (AvgIpc) is 2.95. The van der Waals surface area contributed by atoms with E-state index in [1.807, 2.05) is 27.7 Å². The van der Waals surface area contributed by atoms with Gasteiger partial charge in [-0.1, -0.05) is 0 Å². The van der Waals surface area contributed by atoms with E-state index in [2.05, 4.69) is 5.32 Å². The fourth-order valence-corrected chi connectivity index (χ4v) is 2.43. The molecule has 0 aromatic heterocycles. The number of hydrogen-bond acceptors (Lipinski definition) is 8. The molecule has 0 radical (unpaired) electrons. The molecular formula is C19H33N3O7. The van der Waals surface area contributed by atoms with Crippen LogP contribution in [0.2, 0.25) is 0 Å². The standard InChI is InChI=1S/C19H33N3O7/c1-18(2,28-13-19(3,4)27-12-10-20)9-11-21-14(23)5-8-17(26)29-22-15(24)6-7-16(22)25/h5-13,20H2,1-4H3,(H,21,23). The molecule has 1 aliphatic heterocycles. The molecule has 10 heteroatoms. The first kappa shape index (κ1) is 25.0. The van der Waals surface area contributed by atoms with Crippen molar-refractivity contribution in [1.82, 2.24) is 10.4 Å². The smallest absolute Gasteiger partial charge is 0.333 e. The molecule has 0 saturated carbocycles. The van der Waals surface area contributed by atoms with Crippen molar-refractivity contribution >= 4 is 23.7 Å². The zero-order valence-electron chi connectivity index (χ0n) is 17.7. The summed E-state index contributed by atoms with van der Waals surface area (Å²) in [6.07, 6.45) is 0.292. The number of carbonyl (C=O) groups is 4. The van der Waals surface area contributed by atoms with Crippen molar-refractivity contribution in [3.8, 4) is 0 Å². The molecule has 10 nitrogen and oxygen atoms in total. The van der Waals surface area contributed by atoms with Gasteiger partial charge < -0.3 is 25.4 Å². The molecule has 1 rings (SSSR count). The number of amides is 3. The highest BCUT2D eigenvalue weighted by atomic mass is 16.7. The van der Waals surface area contributed by atoms with Gasteiger partial charge in [0.05, 0.1) is 30.8 Å². The van der Waals surface area contributed by atoms with Gasteiger partial charge in [0, 0.05) is 32.4 Å². The molecule has 0 bridgehead atoms. The van der Waals surface area contributed by atoms with Gasteiger partial charge in [-0.05, 0) is 34.1 Å². The van der Waals surface area contributed by atoms with Crippen molar-refractivity contribution in [2.24, 2.45) is 5.73 Å². The molecule has 3 amide bonds. The predicted octanol–water partition coefficient (Wildman–Crippen LogP) is 0.429. The molecule has 0 atom stereocenters. The molecule has 1 fully saturated rings. The molecule has 1 heterocycles. The van der Waals surface area contributed by atoms with Crippen LogP contribution in [-0.2, 0) is 33.5 Å². The monoisotopic (exact) mass is 415 g/mol. The zero-order valence-corrected chi connectivity index (χ0v) is 17.7. The SMILES string of the molecule is CC(C)(CCNC(=O)CCC(=O)ON1C(=O)CCC1=O)OCC(C)(C)OCCN. The molecule has 0 aromatic rings. The van der Waals surface area contributed by atoms with E-state index in [0.29, 0.717) is 37.8 Å². The summed E-state index contributed by atoms with van der Waals surface area (Å²) in [6, 6.07) is 0. The van der Waals surface area contributed by atoms with Gasteiger partial charge in [-0.3, -0.25) is 14.4 Å². The average molecular weight is 415 g/mol. The first-order chi connectivity index (χ1) is 13.5. The van der Waals surface area contributed by atoms with Gasteiger partial charge in [0.15, 0.2) is 0 Å². The van der Waals surface area contributed by atoms with Crippen LogP contribution in [0.5, 0.6) is 0 Å². The second-order valence-electron chi connectivity index (χ2n) is 8.09. The number of nitrogens with zero attached hydrogens (tertiary/aromatic N) is 1. The summed E-state index contributed by atoms with van der Waals surface area (Å²) in [5.41, 5.74) is 4.50. The first-order valence-corrected chi connectivity index (χ1v) is 9.77. The number of hydrogen-bond donors (Lipinski definition) is 2. The van der Waals surface area contributed by atoms with Crippen molar-refractivity contribution in [2.75, 3.05) is 26.3 Å². The van der Waals surface area contributed by atoms with Crippen LogP contribution in [-0.4, -0.2) is 66.3 Å². The van der Waals surface area contributed by atoms with Crippen molar-refractivity contribution < 1.29 is 33.5 Å². The van der Waals surface area contributed by atoms with Gasteiger partial charge in [0.25, 0.3) is 11.8 Å². The van der Waals surface area contributed by atoms with E-state index in [9.17, 15) is 19.2 Å². The summed E-state index contributed by atoms with van der Waals surface area (Å²) in [5, 5.41) is 3.19. The van der Waals surface area contributed by atoms with E-state index in [1.54, 1.807) is 0 Å². The Morgan fingerprint density at radius 2 is 1.66 bits per heavy atom. The Morgan fingerprint density at radius 1 is 1.03 bits per heavy atom. The lowest BCUT2D eigenvalue weighted by Crippen LogP contribution is -2.39. The van der Waals surface area contributed by atoms with Crippen molar-refractivity contribution in [3.63, 3.8) is 0 Å². The topological polar surface area (TPSA) is 137 Å².